The van der Waals surface area contributed by atoms with Gasteiger partial charge in [-0.15, -0.1) is 11.3 Å². The minimum atomic E-state index is -0.700. The molecule has 0 unspecified atom stereocenters. The van der Waals surface area contributed by atoms with Crippen LogP contribution in [0.25, 0.3) is 0 Å². The minimum Gasteiger partial charge on any atom is -0.397 e. The lowest BCUT2D eigenvalue weighted by atomic mass is 10.2. The van der Waals surface area contributed by atoms with Crippen LogP contribution < -0.4 is 16.8 Å². The number of primary amides is 1. The molecule has 1 amide bonds. The Kier molecular flexibility index (Phi) is 4.45. The second-order valence-corrected chi connectivity index (χ2v) is 4.46. The maximum atomic E-state index is 12.0. The first-order valence-corrected chi connectivity index (χ1v) is 5.83. The highest BCUT2D eigenvalue weighted by Crippen LogP contribution is 2.35. The van der Waals surface area contributed by atoms with E-state index < -0.39 is 12.6 Å². The van der Waals surface area contributed by atoms with Crippen molar-refractivity contribution in [1.29, 1.82) is 0 Å². The van der Waals surface area contributed by atoms with Crippen LogP contribution in [0, 0.1) is 0 Å². The lowest BCUT2D eigenvalue weighted by Crippen LogP contribution is -2.15. The molecule has 5 N–H and O–H groups in total. The van der Waals surface area contributed by atoms with Crippen molar-refractivity contribution in [3.05, 3.63) is 10.4 Å². The fourth-order valence-corrected chi connectivity index (χ4v) is 2.39. The molecule has 0 spiro atoms. The molecular weight excluding hydrogens is 245 g/mol. The summed E-state index contributed by atoms with van der Waals surface area (Å²) in [6, 6.07) is 0. The number of amides is 1. The second-order valence-electron chi connectivity index (χ2n) is 3.44. The van der Waals surface area contributed by atoms with E-state index in [9.17, 15) is 14.0 Å². The van der Waals surface area contributed by atoms with Crippen molar-refractivity contribution in [2.75, 3.05) is 24.3 Å². The Morgan fingerprint density at radius 1 is 1.47 bits per heavy atom. The number of Topliss-reactive ketones (excluding diaryl/α,β-unsaturated/α-hetero) is 1. The van der Waals surface area contributed by atoms with Gasteiger partial charge in [-0.25, -0.2) is 0 Å². The van der Waals surface area contributed by atoms with Gasteiger partial charge >= 0.3 is 0 Å². The van der Waals surface area contributed by atoms with E-state index in [-0.39, 0.29) is 17.0 Å². The van der Waals surface area contributed by atoms with Gasteiger partial charge in [0, 0.05) is 13.5 Å². The Balaban J connectivity index is 3.06. The zero-order valence-electron chi connectivity index (χ0n) is 9.38. The number of halogens is 1. The van der Waals surface area contributed by atoms with E-state index in [0.717, 1.165) is 11.3 Å². The van der Waals surface area contributed by atoms with Crippen LogP contribution in [-0.4, -0.2) is 24.9 Å². The molecule has 0 aliphatic rings. The second kappa shape index (κ2) is 5.62. The Bertz CT molecular complexity index is 445. The Morgan fingerprint density at radius 2 is 2.12 bits per heavy atom. The fourth-order valence-electron chi connectivity index (χ4n) is 1.34. The SMILES string of the molecule is CC(=O)c1sc(NCCCF)c(C(N)=O)c1N. The van der Waals surface area contributed by atoms with Gasteiger partial charge in [-0.1, -0.05) is 0 Å². The van der Waals surface area contributed by atoms with Gasteiger partial charge in [0.05, 0.1) is 22.8 Å². The summed E-state index contributed by atoms with van der Waals surface area (Å²) in [6.07, 6.45) is 0.311. The lowest BCUT2D eigenvalue weighted by molar-refractivity contribution is 0.100. The first kappa shape index (κ1) is 13.4. The number of nitrogens with two attached hydrogens (primary N) is 2. The highest BCUT2D eigenvalue weighted by molar-refractivity contribution is 7.19. The molecule has 1 aromatic rings. The third kappa shape index (κ3) is 2.94. The zero-order valence-corrected chi connectivity index (χ0v) is 10.2. The average molecular weight is 259 g/mol. The molecule has 0 saturated heterocycles. The molecule has 0 bridgehead atoms. The molecule has 0 saturated carbocycles. The number of carbonyl (C=O) groups is 2. The molecule has 1 aromatic heterocycles. The lowest BCUT2D eigenvalue weighted by Gasteiger charge is -2.03. The number of hydrogen-bond acceptors (Lipinski definition) is 5. The maximum absolute atomic E-state index is 12.0. The quantitative estimate of drug-likeness (QED) is 0.531. The monoisotopic (exact) mass is 259 g/mol. The third-order valence-corrected chi connectivity index (χ3v) is 3.37. The van der Waals surface area contributed by atoms with E-state index in [0.29, 0.717) is 22.8 Å². The maximum Gasteiger partial charge on any atom is 0.253 e. The number of nitrogens with one attached hydrogen (secondary N) is 1. The Morgan fingerprint density at radius 3 is 2.59 bits per heavy atom. The highest BCUT2D eigenvalue weighted by atomic mass is 32.1. The van der Waals surface area contributed by atoms with Crippen LogP contribution in [0.3, 0.4) is 0 Å². The molecule has 1 heterocycles. The number of thiophene rings is 1. The van der Waals surface area contributed by atoms with E-state index in [1.807, 2.05) is 0 Å². The summed E-state index contributed by atoms with van der Waals surface area (Å²) in [4.78, 5) is 22.8. The smallest absolute Gasteiger partial charge is 0.253 e. The predicted molar refractivity (Wildman–Crippen MR) is 66.3 cm³/mol. The number of anilines is 2. The molecule has 94 valence electrons. The molecular formula is C10H14FN3O2S. The normalized spacial score (nSPS) is 10.2. The Hall–Kier alpha value is -1.63. The first-order chi connectivity index (χ1) is 7.99. The van der Waals surface area contributed by atoms with E-state index in [2.05, 4.69) is 5.32 Å². The highest BCUT2D eigenvalue weighted by Gasteiger charge is 2.21. The molecule has 0 fully saturated rings. The molecule has 0 atom stereocenters. The topological polar surface area (TPSA) is 98.2 Å². The van der Waals surface area contributed by atoms with E-state index in [4.69, 9.17) is 11.5 Å². The third-order valence-electron chi connectivity index (χ3n) is 2.11. The van der Waals surface area contributed by atoms with Crippen molar-refractivity contribution >= 4 is 33.7 Å². The standard InChI is InChI=1S/C10H14FN3O2S/c1-5(15)8-7(12)6(9(13)16)10(17-8)14-4-2-3-11/h14H,2-4,12H2,1H3,(H2,13,16). The van der Waals surface area contributed by atoms with Crippen LogP contribution in [0.1, 0.15) is 33.4 Å². The summed E-state index contributed by atoms with van der Waals surface area (Å²) in [5.74, 6) is -0.928. The molecule has 0 aliphatic heterocycles. The molecule has 1 rings (SSSR count). The van der Waals surface area contributed by atoms with Gasteiger partial charge in [-0.2, -0.15) is 0 Å². The minimum absolute atomic E-state index is 0.0951. The van der Waals surface area contributed by atoms with Gasteiger partial charge in [0.1, 0.15) is 5.00 Å². The number of ketones is 1. The summed E-state index contributed by atoms with van der Waals surface area (Å²) >= 11 is 1.06. The van der Waals surface area contributed by atoms with Crippen molar-refractivity contribution in [2.45, 2.75) is 13.3 Å². The van der Waals surface area contributed by atoms with Crippen molar-refractivity contribution in [3.63, 3.8) is 0 Å². The van der Waals surface area contributed by atoms with Gasteiger partial charge < -0.3 is 16.8 Å². The summed E-state index contributed by atoms with van der Waals surface area (Å²) in [5.41, 5.74) is 11.1. The molecule has 5 nitrogen and oxygen atoms in total. The summed E-state index contributed by atoms with van der Waals surface area (Å²) in [5, 5.41) is 3.28. The molecule has 17 heavy (non-hydrogen) atoms. The van der Waals surface area contributed by atoms with Crippen LogP contribution in [0.5, 0.6) is 0 Å². The molecule has 7 heteroatoms. The van der Waals surface area contributed by atoms with Crippen molar-refractivity contribution < 1.29 is 14.0 Å². The summed E-state index contributed by atoms with van der Waals surface area (Å²) < 4.78 is 12.0. The summed E-state index contributed by atoms with van der Waals surface area (Å²) in [7, 11) is 0. The average Bonchev–Trinajstić information content (AvgIpc) is 2.56. The fraction of sp³-hybridized carbons (Fsp3) is 0.400. The van der Waals surface area contributed by atoms with Crippen molar-refractivity contribution in [1.82, 2.24) is 0 Å². The molecule has 0 aromatic carbocycles. The van der Waals surface area contributed by atoms with Crippen molar-refractivity contribution in [3.8, 4) is 0 Å². The molecule has 0 radical (unpaired) electrons. The van der Waals surface area contributed by atoms with E-state index >= 15 is 0 Å². The zero-order chi connectivity index (χ0) is 13.0. The van der Waals surface area contributed by atoms with Crippen LogP contribution >= 0.6 is 11.3 Å². The van der Waals surface area contributed by atoms with Crippen LogP contribution in [0.4, 0.5) is 15.1 Å². The van der Waals surface area contributed by atoms with Gasteiger partial charge in [-0.05, 0) is 6.42 Å². The number of carbonyl (C=O) groups excluding carboxylic acids is 2. The Labute approximate surface area is 102 Å². The molecule has 0 aliphatic carbocycles. The number of alkyl halides is 1. The van der Waals surface area contributed by atoms with E-state index in [1.54, 1.807) is 0 Å². The first-order valence-electron chi connectivity index (χ1n) is 5.01. The largest absolute Gasteiger partial charge is 0.397 e. The van der Waals surface area contributed by atoms with Gasteiger partial charge in [0.15, 0.2) is 5.78 Å². The number of hydrogen-bond donors (Lipinski definition) is 3. The van der Waals surface area contributed by atoms with Crippen LogP contribution in [-0.2, 0) is 0 Å². The van der Waals surface area contributed by atoms with Crippen LogP contribution in [0.15, 0.2) is 0 Å². The van der Waals surface area contributed by atoms with Crippen molar-refractivity contribution in [2.24, 2.45) is 5.73 Å². The van der Waals surface area contributed by atoms with Gasteiger partial charge in [0.25, 0.3) is 5.91 Å². The van der Waals surface area contributed by atoms with Crippen LogP contribution in [0.2, 0.25) is 0 Å². The predicted octanol–water partition coefficient (Wildman–Crippen LogP) is 1.40. The number of nitrogen functional groups attached to an aromatic ring is 1. The van der Waals surface area contributed by atoms with Gasteiger partial charge in [-0.3, -0.25) is 14.0 Å². The summed E-state index contributed by atoms with van der Waals surface area (Å²) in [6.45, 7) is 1.26. The van der Waals surface area contributed by atoms with Gasteiger partial charge in [0.2, 0.25) is 0 Å². The van der Waals surface area contributed by atoms with E-state index in [1.165, 1.54) is 6.92 Å². The number of rotatable bonds is 6.